The molecule has 1 unspecified atom stereocenters. The average molecular weight is 322 g/mol. The van der Waals surface area contributed by atoms with Gasteiger partial charge >= 0.3 is 0 Å². The van der Waals surface area contributed by atoms with Gasteiger partial charge in [-0.25, -0.2) is 0 Å². The van der Waals surface area contributed by atoms with E-state index in [-0.39, 0.29) is 18.6 Å². The van der Waals surface area contributed by atoms with Crippen molar-refractivity contribution in [1.29, 1.82) is 0 Å². The van der Waals surface area contributed by atoms with Crippen LogP contribution in [0.25, 0.3) is 0 Å². The number of amides is 1. The minimum atomic E-state index is -0.171. The fourth-order valence-electron chi connectivity index (χ4n) is 2.21. The number of aliphatic hydroxyl groups excluding tert-OH is 1. The quantitative estimate of drug-likeness (QED) is 0.858. The van der Waals surface area contributed by atoms with Crippen molar-refractivity contribution in [2.75, 3.05) is 6.61 Å². The lowest BCUT2D eigenvalue weighted by Gasteiger charge is -2.11. The molecule has 2 rings (SSSR count). The summed E-state index contributed by atoms with van der Waals surface area (Å²) in [6, 6.07) is 7.47. The van der Waals surface area contributed by atoms with E-state index in [1.165, 1.54) is 0 Å². The SMILES string of the molecule is Cc1nn(Cc2cccc(Cl)c2)cc1C(=O)NC(C)CCO. The zero-order valence-corrected chi connectivity index (χ0v) is 13.5. The number of nitrogens with zero attached hydrogens (tertiary/aromatic N) is 2. The molecule has 22 heavy (non-hydrogen) atoms. The largest absolute Gasteiger partial charge is 0.396 e. The van der Waals surface area contributed by atoms with Gasteiger partial charge in [-0.2, -0.15) is 5.10 Å². The summed E-state index contributed by atoms with van der Waals surface area (Å²) in [5.41, 5.74) is 2.25. The number of carbonyl (C=O) groups is 1. The zero-order chi connectivity index (χ0) is 16.1. The lowest BCUT2D eigenvalue weighted by atomic mass is 10.2. The van der Waals surface area contributed by atoms with Crippen LogP contribution in [0.1, 0.15) is 35.0 Å². The van der Waals surface area contributed by atoms with E-state index in [9.17, 15) is 4.79 Å². The summed E-state index contributed by atoms with van der Waals surface area (Å²) < 4.78 is 1.73. The molecule has 1 aromatic heterocycles. The number of aromatic nitrogens is 2. The van der Waals surface area contributed by atoms with E-state index in [0.717, 1.165) is 5.56 Å². The maximum atomic E-state index is 12.2. The number of rotatable bonds is 6. The smallest absolute Gasteiger partial charge is 0.254 e. The van der Waals surface area contributed by atoms with Gasteiger partial charge in [0.2, 0.25) is 0 Å². The molecule has 1 aromatic carbocycles. The van der Waals surface area contributed by atoms with E-state index in [4.69, 9.17) is 16.7 Å². The third kappa shape index (κ3) is 4.32. The summed E-state index contributed by atoms with van der Waals surface area (Å²) in [6.07, 6.45) is 2.26. The van der Waals surface area contributed by atoms with Crippen molar-refractivity contribution < 1.29 is 9.90 Å². The Bertz CT molecular complexity index is 655. The molecule has 6 heteroatoms. The molecule has 0 aliphatic heterocycles. The Hall–Kier alpha value is -1.85. The Morgan fingerprint density at radius 1 is 1.50 bits per heavy atom. The number of hydrogen-bond donors (Lipinski definition) is 2. The molecule has 0 saturated carbocycles. The molecule has 5 nitrogen and oxygen atoms in total. The van der Waals surface area contributed by atoms with E-state index in [1.807, 2.05) is 31.2 Å². The molecule has 0 aliphatic rings. The number of aryl methyl sites for hydroxylation is 1. The van der Waals surface area contributed by atoms with E-state index in [1.54, 1.807) is 17.8 Å². The standard InChI is InChI=1S/C16H20ClN3O2/c1-11(6-7-21)18-16(22)15-10-20(19-12(15)2)9-13-4-3-5-14(17)8-13/h3-5,8,10-11,21H,6-7,9H2,1-2H3,(H,18,22). The highest BCUT2D eigenvalue weighted by molar-refractivity contribution is 6.30. The van der Waals surface area contributed by atoms with Crippen LogP contribution in [0, 0.1) is 6.92 Å². The maximum absolute atomic E-state index is 12.2. The number of benzene rings is 1. The summed E-state index contributed by atoms with van der Waals surface area (Å²) in [7, 11) is 0. The molecule has 0 radical (unpaired) electrons. The van der Waals surface area contributed by atoms with Gasteiger partial charge in [0.1, 0.15) is 0 Å². The lowest BCUT2D eigenvalue weighted by Crippen LogP contribution is -2.33. The van der Waals surface area contributed by atoms with Crippen molar-refractivity contribution in [3.05, 3.63) is 52.3 Å². The zero-order valence-electron chi connectivity index (χ0n) is 12.7. The molecule has 0 fully saturated rings. The molecule has 0 spiro atoms. The highest BCUT2D eigenvalue weighted by Crippen LogP contribution is 2.13. The predicted molar refractivity (Wildman–Crippen MR) is 86.1 cm³/mol. The molecule has 0 aliphatic carbocycles. The fourth-order valence-corrected chi connectivity index (χ4v) is 2.42. The molecule has 2 aromatic rings. The molecular formula is C16H20ClN3O2. The predicted octanol–water partition coefficient (Wildman–Crippen LogP) is 2.39. The first-order chi connectivity index (χ1) is 10.5. The summed E-state index contributed by atoms with van der Waals surface area (Å²) in [4.78, 5) is 12.2. The van der Waals surface area contributed by atoms with E-state index >= 15 is 0 Å². The van der Waals surface area contributed by atoms with E-state index in [2.05, 4.69) is 10.4 Å². The van der Waals surface area contributed by atoms with E-state index < -0.39 is 0 Å². The molecule has 2 N–H and O–H groups in total. The van der Waals surface area contributed by atoms with Gasteiger partial charge in [-0.1, -0.05) is 23.7 Å². The molecule has 1 heterocycles. The Morgan fingerprint density at radius 2 is 2.27 bits per heavy atom. The third-order valence-electron chi connectivity index (χ3n) is 3.36. The Kier molecular flexibility index (Phi) is 5.57. The van der Waals surface area contributed by atoms with Crippen LogP contribution < -0.4 is 5.32 Å². The van der Waals surface area contributed by atoms with Crippen LogP contribution in [0.2, 0.25) is 5.02 Å². The summed E-state index contributed by atoms with van der Waals surface area (Å²) in [5.74, 6) is -0.171. The Balaban J connectivity index is 2.09. The Labute approximate surface area is 134 Å². The van der Waals surface area contributed by atoms with Crippen LogP contribution in [0.15, 0.2) is 30.5 Å². The lowest BCUT2D eigenvalue weighted by molar-refractivity contribution is 0.0933. The van der Waals surface area contributed by atoms with Gasteiger partial charge in [0.15, 0.2) is 0 Å². The first kappa shape index (κ1) is 16.5. The number of hydrogen-bond acceptors (Lipinski definition) is 3. The van der Waals surface area contributed by atoms with Crippen molar-refractivity contribution in [1.82, 2.24) is 15.1 Å². The molecule has 0 bridgehead atoms. The minimum absolute atomic E-state index is 0.0501. The monoisotopic (exact) mass is 321 g/mol. The first-order valence-corrected chi connectivity index (χ1v) is 7.57. The minimum Gasteiger partial charge on any atom is -0.396 e. The molecule has 1 atom stereocenters. The molecule has 118 valence electrons. The highest BCUT2D eigenvalue weighted by Gasteiger charge is 2.15. The Morgan fingerprint density at radius 3 is 2.95 bits per heavy atom. The molecule has 1 amide bonds. The van der Waals surface area contributed by atoms with Crippen LogP contribution in [0.4, 0.5) is 0 Å². The normalized spacial score (nSPS) is 12.2. The van der Waals surface area contributed by atoms with Gasteiger partial charge < -0.3 is 10.4 Å². The second-order valence-corrected chi connectivity index (χ2v) is 5.78. The van der Waals surface area contributed by atoms with Crippen LogP contribution in [-0.4, -0.2) is 33.4 Å². The van der Waals surface area contributed by atoms with Crippen LogP contribution in [0.5, 0.6) is 0 Å². The van der Waals surface area contributed by atoms with Gasteiger partial charge in [-0.05, 0) is 38.0 Å². The van der Waals surface area contributed by atoms with Crippen LogP contribution >= 0.6 is 11.6 Å². The average Bonchev–Trinajstić information content (AvgIpc) is 2.79. The van der Waals surface area contributed by atoms with E-state index in [0.29, 0.717) is 29.2 Å². The van der Waals surface area contributed by atoms with Gasteiger partial charge in [0.25, 0.3) is 5.91 Å². The van der Waals surface area contributed by atoms with Crippen molar-refractivity contribution in [2.45, 2.75) is 32.9 Å². The van der Waals surface area contributed by atoms with Crippen molar-refractivity contribution in [2.24, 2.45) is 0 Å². The summed E-state index contributed by atoms with van der Waals surface area (Å²) in [5, 5.41) is 16.8. The number of aliphatic hydroxyl groups is 1. The van der Waals surface area contributed by atoms with Gasteiger partial charge in [0, 0.05) is 23.9 Å². The van der Waals surface area contributed by atoms with Crippen molar-refractivity contribution in [3.8, 4) is 0 Å². The molecular weight excluding hydrogens is 302 g/mol. The molecule has 0 saturated heterocycles. The van der Waals surface area contributed by atoms with Crippen LogP contribution in [-0.2, 0) is 6.54 Å². The summed E-state index contributed by atoms with van der Waals surface area (Å²) >= 11 is 5.97. The van der Waals surface area contributed by atoms with Crippen molar-refractivity contribution in [3.63, 3.8) is 0 Å². The topological polar surface area (TPSA) is 67.2 Å². The first-order valence-electron chi connectivity index (χ1n) is 7.20. The number of nitrogens with one attached hydrogen (secondary N) is 1. The maximum Gasteiger partial charge on any atom is 0.254 e. The van der Waals surface area contributed by atoms with Gasteiger partial charge in [0.05, 0.1) is 17.8 Å². The van der Waals surface area contributed by atoms with Gasteiger partial charge in [-0.3, -0.25) is 9.48 Å². The number of carbonyl (C=O) groups excluding carboxylic acids is 1. The van der Waals surface area contributed by atoms with Crippen molar-refractivity contribution >= 4 is 17.5 Å². The third-order valence-corrected chi connectivity index (χ3v) is 3.60. The second-order valence-electron chi connectivity index (χ2n) is 5.34. The van der Waals surface area contributed by atoms with Gasteiger partial charge in [-0.15, -0.1) is 0 Å². The summed E-state index contributed by atoms with van der Waals surface area (Å²) in [6.45, 7) is 4.27. The van der Waals surface area contributed by atoms with Crippen LogP contribution in [0.3, 0.4) is 0 Å². The fraction of sp³-hybridized carbons (Fsp3) is 0.375. The highest BCUT2D eigenvalue weighted by atomic mass is 35.5. The number of halogens is 1. The second kappa shape index (κ2) is 7.42.